The third kappa shape index (κ3) is 3.87. The van der Waals surface area contributed by atoms with Crippen molar-refractivity contribution in [1.29, 1.82) is 0 Å². The molecule has 158 valence electrons. The Hall–Kier alpha value is -2.27. The standard InChI is InChI=1S/C20H23N5O3S2/c26-30(27,25-7-1-2-8-25)16-4-6-19(21-14-16)22-15-3-5-17-18(13-15)29-20(23-17)24-9-11-28-12-10-24/h3-6,13-14H,1-2,7-12H2,(H,21,22). The zero-order valence-electron chi connectivity index (χ0n) is 16.5. The Labute approximate surface area is 179 Å². The molecule has 3 aromatic rings. The van der Waals surface area contributed by atoms with E-state index in [2.05, 4.69) is 15.2 Å². The van der Waals surface area contributed by atoms with Crippen molar-refractivity contribution in [3.63, 3.8) is 0 Å². The van der Waals surface area contributed by atoms with Gasteiger partial charge in [-0.3, -0.25) is 0 Å². The van der Waals surface area contributed by atoms with Crippen molar-refractivity contribution < 1.29 is 13.2 Å². The maximum absolute atomic E-state index is 12.6. The molecule has 8 nitrogen and oxygen atoms in total. The van der Waals surface area contributed by atoms with Gasteiger partial charge in [-0.25, -0.2) is 18.4 Å². The van der Waals surface area contributed by atoms with Crippen LogP contribution in [0.1, 0.15) is 12.8 Å². The van der Waals surface area contributed by atoms with E-state index in [1.54, 1.807) is 23.5 Å². The Morgan fingerprint density at radius 3 is 2.57 bits per heavy atom. The van der Waals surface area contributed by atoms with Crippen LogP contribution in [0.15, 0.2) is 41.4 Å². The molecular formula is C20H23N5O3S2. The van der Waals surface area contributed by atoms with Gasteiger partial charge < -0.3 is 15.0 Å². The maximum atomic E-state index is 12.6. The lowest BCUT2D eigenvalue weighted by molar-refractivity contribution is 0.122. The number of nitrogens with zero attached hydrogens (tertiary/aromatic N) is 4. The molecule has 0 radical (unpaired) electrons. The van der Waals surface area contributed by atoms with Crippen molar-refractivity contribution in [2.45, 2.75) is 17.7 Å². The second-order valence-corrected chi connectivity index (χ2v) is 10.3. The van der Waals surface area contributed by atoms with Gasteiger partial charge in [0.05, 0.1) is 23.4 Å². The van der Waals surface area contributed by atoms with Crippen LogP contribution in [0.3, 0.4) is 0 Å². The highest BCUT2D eigenvalue weighted by molar-refractivity contribution is 7.89. The number of sulfonamides is 1. The first kappa shape index (κ1) is 19.7. The molecule has 2 saturated heterocycles. The van der Waals surface area contributed by atoms with Crippen molar-refractivity contribution in [1.82, 2.24) is 14.3 Å². The molecular weight excluding hydrogens is 422 g/mol. The average molecular weight is 446 g/mol. The first-order chi connectivity index (χ1) is 14.6. The van der Waals surface area contributed by atoms with E-state index in [1.807, 2.05) is 18.2 Å². The van der Waals surface area contributed by atoms with Gasteiger partial charge in [-0.15, -0.1) is 0 Å². The molecule has 0 unspecified atom stereocenters. The Morgan fingerprint density at radius 1 is 1.03 bits per heavy atom. The molecule has 5 rings (SSSR count). The van der Waals surface area contributed by atoms with Gasteiger partial charge in [-0.1, -0.05) is 11.3 Å². The summed E-state index contributed by atoms with van der Waals surface area (Å²) in [6.07, 6.45) is 3.26. The summed E-state index contributed by atoms with van der Waals surface area (Å²) in [6, 6.07) is 9.32. The van der Waals surface area contributed by atoms with Crippen LogP contribution in [0.5, 0.6) is 0 Å². The second-order valence-electron chi connectivity index (χ2n) is 7.39. The van der Waals surface area contributed by atoms with Gasteiger partial charge in [-0.05, 0) is 43.2 Å². The summed E-state index contributed by atoms with van der Waals surface area (Å²) >= 11 is 1.66. The summed E-state index contributed by atoms with van der Waals surface area (Å²) in [7, 11) is -3.44. The number of hydrogen-bond acceptors (Lipinski definition) is 8. The van der Waals surface area contributed by atoms with Gasteiger partial charge >= 0.3 is 0 Å². The molecule has 10 heteroatoms. The molecule has 0 atom stereocenters. The largest absolute Gasteiger partial charge is 0.378 e. The van der Waals surface area contributed by atoms with E-state index in [1.165, 1.54) is 10.5 Å². The number of hydrogen-bond donors (Lipinski definition) is 1. The highest BCUT2D eigenvalue weighted by atomic mass is 32.2. The second kappa shape index (κ2) is 8.10. The number of morpholine rings is 1. The van der Waals surface area contributed by atoms with E-state index in [4.69, 9.17) is 9.72 Å². The summed E-state index contributed by atoms with van der Waals surface area (Å²) in [5.41, 5.74) is 1.86. The monoisotopic (exact) mass is 445 g/mol. The van der Waals surface area contributed by atoms with Crippen LogP contribution >= 0.6 is 11.3 Å². The van der Waals surface area contributed by atoms with Crippen LogP contribution in [0.2, 0.25) is 0 Å². The quantitative estimate of drug-likeness (QED) is 0.646. The van der Waals surface area contributed by atoms with Crippen molar-refractivity contribution in [3.8, 4) is 0 Å². The van der Waals surface area contributed by atoms with Gasteiger partial charge in [0.25, 0.3) is 0 Å². The van der Waals surface area contributed by atoms with E-state index < -0.39 is 10.0 Å². The molecule has 2 aliphatic heterocycles. The van der Waals surface area contributed by atoms with E-state index in [-0.39, 0.29) is 4.90 Å². The molecule has 2 aromatic heterocycles. The molecule has 2 aliphatic rings. The lowest BCUT2D eigenvalue weighted by Crippen LogP contribution is -2.36. The van der Waals surface area contributed by atoms with Crippen molar-refractivity contribution in [2.75, 3.05) is 49.6 Å². The minimum Gasteiger partial charge on any atom is -0.378 e. The number of pyridine rings is 1. The van der Waals surface area contributed by atoms with Gasteiger partial charge in [0, 0.05) is 38.1 Å². The number of rotatable bonds is 5. The SMILES string of the molecule is O=S(=O)(c1ccc(Nc2ccc3nc(N4CCOCC4)sc3c2)nc1)N1CCCC1. The van der Waals surface area contributed by atoms with Crippen molar-refractivity contribution in [2.24, 2.45) is 0 Å². The Bertz CT molecular complexity index is 1130. The predicted molar refractivity (Wildman–Crippen MR) is 118 cm³/mol. The topological polar surface area (TPSA) is 87.7 Å². The van der Waals surface area contributed by atoms with Crippen molar-refractivity contribution >= 4 is 48.2 Å². The first-order valence-corrected chi connectivity index (χ1v) is 12.3. The normalized spacial score (nSPS) is 18.2. The number of thiazole rings is 1. The van der Waals surface area contributed by atoms with Gasteiger partial charge in [-0.2, -0.15) is 4.31 Å². The fourth-order valence-electron chi connectivity index (χ4n) is 3.71. The van der Waals surface area contributed by atoms with Gasteiger partial charge in [0.2, 0.25) is 10.0 Å². The minimum absolute atomic E-state index is 0.239. The lowest BCUT2D eigenvalue weighted by Gasteiger charge is -2.25. The highest BCUT2D eigenvalue weighted by Gasteiger charge is 2.27. The van der Waals surface area contributed by atoms with E-state index >= 15 is 0 Å². The van der Waals surface area contributed by atoms with E-state index in [0.29, 0.717) is 18.9 Å². The Kier molecular flexibility index (Phi) is 5.32. The van der Waals surface area contributed by atoms with Crippen LogP contribution < -0.4 is 10.2 Å². The zero-order chi connectivity index (χ0) is 20.6. The van der Waals surface area contributed by atoms with Crippen LogP contribution in [-0.2, 0) is 14.8 Å². The molecule has 0 bridgehead atoms. The predicted octanol–water partition coefficient (Wildman–Crippen LogP) is 3.06. The summed E-state index contributed by atoms with van der Waals surface area (Å²) in [5, 5.41) is 4.27. The summed E-state index contributed by atoms with van der Waals surface area (Å²) in [4.78, 5) is 11.5. The lowest BCUT2D eigenvalue weighted by atomic mass is 10.3. The molecule has 1 N–H and O–H groups in total. The van der Waals surface area contributed by atoms with Crippen LogP contribution in [0.25, 0.3) is 10.2 Å². The van der Waals surface area contributed by atoms with Crippen LogP contribution in [0, 0.1) is 0 Å². The number of ether oxygens (including phenoxy) is 1. The smallest absolute Gasteiger partial charge is 0.244 e. The number of aromatic nitrogens is 2. The number of benzene rings is 1. The summed E-state index contributed by atoms with van der Waals surface area (Å²) in [5.74, 6) is 0.604. The summed E-state index contributed by atoms with van der Waals surface area (Å²) in [6.45, 7) is 4.37. The average Bonchev–Trinajstić information content (AvgIpc) is 3.45. The Balaban J connectivity index is 1.32. The molecule has 2 fully saturated rings. The summed E-state index contributed by atoms with van der Waals surface area (Å²) < 4.78 is 33.3. The van der Waals surface area contributed by atoms with Gasteiger partial charge in [0.15, 0.2) is 5.13 Å². The number of anilines is 3. The molecule has 30 heavy (non-hydrogen) atoms. The van der Waals surface area contributed by atoms with Crippen LogP contribution in [0.4, 0.5) is 16.6 Å². The molecule has 4 heterocycles. The number of nitrogens with one attached hydrogen (secondary N) is 1. The number of fused-ring (bicyclic) bond motifs is 1. The van der Waals surface area contributed by atoms with E-state index in [0.717, 1.165) is 60.2 Å². The molecule has 0 saturated carbocycles. The molecule has 0 spiro atoms. The molecule has 0 amide bonds. The maximum Gasteiger partial charge on any atom is 0.244 e. The van der Waals surface area contributed by atoms with E-state index in [9.17, 15) is 8.42 Å². The fourth-order valence-corrected chi connectivity index (χ4v) is 6.23. The Morgan fingerprint density at radius 2 is 1.83 bits per heavy atom. The zero-order valence-corrected chi connectivity index (χ0v) is 18.1. The van der Waals surface area contributed by atoms with Gasteiger partial charge in [0.1, 0.15) is 10.7 Å². The third-order valence-electron chi connectivity index (χ3n) is 5.37. The highest BCUT2D eigenvalue weighted by Crippen LogP contribution is 2.32. The fraction of sp³-hybridized carbons (Fsp3) is 0.400. The third-order valence-corrected chi connectivity index (χ3v) is 8.33. The minimum atomic E-state index is -3.44. The van der Waals surface area contributed by atoms with Crippen LogP contribution in [-0.4, -0.2) is 62.1 Å². The molecule has 0 aliphatic carbocycles. The first-order valence-electron chi connectivity index (χ1n) is 10.1. The molecule has 1 aromatic carbocycles. The van der Waals surface area contributed by atoms with Crippen molar-refractivity contribution in [3.05, 3.63) is 36.5 Å².